The molecule has 0 radical (unpaired) electrons. The van der Waals surface area contributed by atoms with Crippen LogP contribution in [0.1, 0.15) is 28.7 Å². The summed E-state index contributed by atoms with van der Waals surface area (Å²) in [6.07, 6.45) is 3.72. The Morgan fingerprint density at radius 2 is 2.30 bits per heavy atom. The number of nitrogens with one attached hydrogen (secondary N) is 2. The van der Waals surface area contributed by atoms with E-state index in [9.17, 15) is 4.79 Å². The summed E-state index contributed by atoms with van der Waals surface area (Å²) < 4.78 is 1.52. The lowest BCUT2D eigenvalue weighted by Gasteiger charge is -2.05. The Morgan fingerprint density at radius 3 is 3.05 bits per heavy atom. The number of carbonyl (C=O) groups excluding carboxylic acids is 1. The van der Waals surface area contributed by atoms with Gasteiger partial charge in [0.05, 0.1) is 11.3 Å². The molecule has 3 aromatic rings. The van der Waals surface area contributed by atoms with Gasteiger partial charge >= 0.3 is 0 Å². The minimum absolute atomic E-state index is 0.276. The van der Waals surface area contributed by atoms with E-state index in [1.54, 1.807) is 13.0 Å². The second-order valence-corrected chi connectivity index (χ2v) is 4.32. The zero-order valence-electron chi connectivity index (χ0n) is 11.1. The van der Waals surface area contributed by atoms with Gasteiger partial charge in [0.2, 0.25) is 0 Å². The summed E-state index contributed by atoms with van der Waals surface area (Å²) in [5.41, 5.74) is 2.07. The summed E-state index contributed by atoms with van der Waals surface area (Å²) in [6, 6.07) is 1.80. The largest absolute Gasteiger partial charge is 0.305 e. The van der Waals surface area contributed by atoms with Gasteiger partial charge in [-0.1, -0.05) is 6.92 Å². The van der Waals surface area contributed by atoms with Crippen molar-refractivity contribution in [3.8, 4) is 0 Å². The van der Waals surface area contributed by atoms with E-state index < -0.39 is 0 Å². The van der Waals surface area contributed by atoms with Crippen molar-refractivity contribution in [3.63, 3.8) is 0 Å². The second kappa shape index (κ2) is 4.72. The normalized spacial score (nSPS) is 10.9. The quantitative estimate of drug-likeness (QED) is 0.739. The summed E-state index contributed by atoms with van der Waals surface area (Å²) in [6.45, 7) is 3.80. The number of hydrogen-bond donors (Lipinski definition) is 2. The molecule has 0 aliphatic heterocycles. The van der Waals surface area contributed by atoms with Crippen LogP contribution >= 0.6 is 0 Å². The van der Waals surface area contributed by atoms with Crippen molar-refractivity contribution in [2.45, 2.75) is 20.3 Å². The Labute approximate surface area is 114 Å². The SMILES string of the molecule is CCc1cc(NC(=O)c2cnc3ncnn3c2C)n[nH]1. The van der Waals surface area contributed by atoms with Crippen LogP contribution in [-0.4, -0.2) is 35.7 Å². The van der Waals surface area contributed by atoms with E-state index in [0.29, 0.717) is 22.9 Å². The molecule has 0 aliphatic carbocycles. The molecule has 0 fully saturated rings. The van der Waals surface area contributed by atoms with Crippen molar-refractivity contribution >= 4 is 17.5 Å². The Morgan fingerprint density at radius 1 is 1.45 bits per heavy atom. The molecule has 0 aromatic carbocycles. The number of nitrogens with zero attached hydrogens (tertiary/aromatic N) is 5. The molecule has 0 atom stereocenters. The highest BCUT2D eigenvalue weighted by molar-refractivity contribution is 6.04. The second-order valence-electron chi connectivity index (χ2n) is 4.32. The molecular formula is C12H13N7O. The number of amides is 1. The first kappa shape index (κ1) is 12.3. The van der Waals surface area contributed by atoms with Crippen LogP contribution in [0, 0.1) is 6.92 Å². The molecule has 3 heterocycles. The number of aromatic amines is 1. The van der Waals surface area contributed by atoms with Crippen LogP contribution in [0.25, 0.3) is 5.78 Å². The number of aromatic nitrogens is 6. The van der Waals surface area contributed by atoms with Crippen molar-refractivity contribution in [2.24, 2.45) is 0 Å². The van der Waals surface area contributed by atoms with Crippen molar-refractivity contribution in [2.75, 3.05) is 5.32 Å². The third-order valence-corrected chi connectivity index (χ3v) is 3.04. The summed E-state index contributed by atoms with van der Waals surface area (Å²) in [7, 11) is 0. The molecule has 2 N–H and O–H groups in total. The van der Waals surface area contributed by atoms with Crippen LogP contribution in [0.4, 0.5) is 5.82 Å². The molecular weight excluding hydrogens is 258 g/mol. The standard InChI is InChI=1S/C12H13N7O/c1-3-8-4-10(18-17-8)16-11(20)9-5-13-12-14-6-15-19(12)7(9)2/h4-6H,3H2,1-2H3,(H2,16,17,18,20). The third-order valence-electron chi connectivity index (χ3n) is 3.04. The lowest BCUT2D eigenvalue weighted by Crippen LogP contribution is -2.16. The topological polar surface area (TPSA) is 101 Å². The predicted molar refractivity (Wildman–Crippen MR) is 71.4 cm³/mol. The van der Waals surface area contributed by atoms with E-state index in [1.165, 1.54) is 17.0 Å². The average molecular weight is 271 g/mol. The third kappa shape index (κ3) is 2.00. The Kier molecular flexibility index (Phi) is 2.90. The first-order valence-electron chi connectivity index (χ1n) is 6.20. The van der Waals surface area contributed by atoms with Crippen LogP contribution in [0.5, 0.6) is 0 Å². The van der Waals surface area contributed by atoms with Crippen molar-refractivity contribution < 1.29 is 4.79 Å². The number of hydrogen-bond acceptors (Lipinski definition) is 5. The van der Waals surface area contributed by atoms with Gasteiger partial charge in [-0.25, -0.2) is 9.50 Å². The first-order chi connectivity index (χ1) is 9.69. The molecule has 8 heteroatoms. The maximum atomic E-state index is 12.2. The van der Waals surface area contributed by atoms with E-state index in [1.807, 2.05) is 6.92 Å². The lowest BCUT2D eigenvalue weighted by atomic mass is 10.2. The summed E-state index contributed by atoms with van der Waals surface area (Å²) in [5.74, 6) is 0.679. The number of rotatable bonds is 3. The highest BCUT2D eigenvalue weighted by Crippen LogP contribution is 2.11. The maximum absolute atomic E-state index is 12.2. The van der Waals surface area contributed by atoms with Gasteiger partial charge in [0.15, 0.2) is 5.82 Å². The Balaban J connectivity index is 1.90. The van der Waals surface area contributed by atoms with Crippen molar-refractivity contribution in [3.05, 3.63) is 35.5 Å². The molecule has 0 aliphatic rings. The minimum Gasteiger partial charge on any atom is -0.305 e. The molecule has 1 amide bonds. The number of anilines is 1. The van der Waals surface area contributed by atoms with E-state index in [0.717, 1.165) is 12.1 Å². The van der Waals surface area contributed by atoms with Gasteiger partial charge in [0.1, 0.15) is 6.33 Å². The summed E-state index contributed by atoms with van der Waals surface area (Å²) >= 11 is 0. The maximum Gasteiger partial charge on any atom is 0.260 e. The molecule has 20 heavy (non-hydrogen) atoms. The van der Waals surface area contributed by atoms with Crippen LogP contribution in [0.2, 0.25) is 0 Å². The van der Waals surface area contributed by atoms with Gasteiger partial charge < -0.3 is 5.32 Å². The fraction of sp³-hybridized carbons (Fsp3) is 0.250. The van der Waals surface area contributed by atoms with Gasteiger partial charge in [-0.2, -0.15) is 15.2 Å². The highest BCUT2D eigenvalue weighted by atomic mass is 16.1. The number of H-pyrrole nitrogens is 1. The monoisotopic (exact) mass is 271 g/mol. The Hall–Kier alpha value is -2.77. The molecule has 0 spiro atoms. The van der Waals surface area contributed by atoms with Gasteiger partial charge in [-0.3, -0.25) is 9.89 Å². The predicted octanol–water partition coefficient (Wildman–Crippen LogP) is 0.971. The van der Waals surface area contributed by atoms with Crippen LogP contribution in [-0.2, 0) is 6.42 Å². The van der Waals surface area contributed by atoms with Crippen LogP contribution < -0.4 is 5.32 Å². The Bertz CT molecular complexity index is 773. The van der Waals surface area contributed by atoms with E-state index in [-0.39, 0.29) is 5.91 Å². The van der Waals surface area contributed by atoms with Crippen molar-refractivity contribution in [1.29, 1.82) is 0 Å². The van der Waals surface area contributed by atoms with E-state index >= 15 is 0 Å². The van der Waals surface area contributed by atoms with Crippen LogP contribution in [0.15, 0.2) is 18.6 Å². The highest BCUT2D eigenvalue weighted by Gasteiger charge is 2.14. The lowest BCUT2D eigenvalue weighted by molar-refractivity contribution is 0.102. The smallest absolute Gasteiger partial charge is 0.260 e. The summed E-state index contributed by atoms with van der Waals surface area (Å²) in [4.78, 5) is 20.3. The van der Waals surface area contributed by atoms with Gasteiger partial charge in [0, 0.05) is 18.0 Å². The number of carbonyl (C=O) groups is 1. The van der Waals surface area contributed by atoms with Gasteiger partial charge in [-0.05, 0) is 13.3 Å². The first-order valence-corrected chi connectivity index (χ1v) is 6.20. The molecule has 0 saturated heterocycles. The van der Waals surface area contributed by atoms with Gasteiger partial charge in [-0.15, -0.1) is 0 Å². The number of fused-ring (bicyclic) bond motifs is 1. The number of aryl methyl sites for hydroxylation is 2. The van der Waals surface area contributed by atoms with Crippen molar-refractivity contribution in [1.82, 2.24) is 29.8 Å². The van der Waals surface area contributed by atoms with Crippen LogP contribution in [0.3, 0.4) is 0 Å². The zero-order valence-corrected chi connectivity index (χ0v) is 11.1. The minimum atomic E-state index is -0.276. The molecule has 0 unspecified atom stereocenters. The molecule has 8 nitrogen and oxygen atoms in total. The molecule has 0 saturated carbocycles. The van der Waals surface area contributed by atoms with E-state index in [4.69, 9.17) is 0 Å². The van der Waals surface area contributed by atoms with E-state index in [2.05, 4.69) is 30.6 Å². The fourth-order valence-electron chi connectivity index (χ4n) is 1.90. The summed E-state index contributed by atoms with van der Waals surface area (Å²) in [5, 5.41) is 13.6. The zero-order chi connectivity index (χ0) is 14.1. The molecule has 3 rings (SSSR count). The van der Waals surface area contributed by atoms with Gasteiger partial charge in [0.25, 0.3) is 11.7 Å². The molecule has 0 bridgehead atoms. The molecule has 3 aromatic heterocycles. The average Bonchev–Trinajstić information content (AvgIpc) is 3.07. The fourth-order valence-corrected chi connectivity index (χ4v) is 1.90. The molecule has 102 valence electrons.